The maximum atomic E-state index is 14.6. The van der Waals surface area contributed by atoms with E-state index in [-0.39, 0.29) is 17.3 Å². The first-order valence-corrected chi connectivity index (χ1v) is 8.99. The van der Waals surface area contributed by atoms with E-state index in [1.54, 1.807) is 42.5 Å². The molecule has 4 rings (SSSR count). The molecule has 5 nitrogen and oxygen atoms in total. The van der Waals surface area contributed by atoms with Gasteiger partial charge in [-0.2, -0.15) is 0 Å². The van der Waals surface area contributed by atoms with Crippen LogP contribution in [0.2, 0.25) is 0 Å². The Hall–Kier alpha value is -3.54. The molecule has 3 aromatic carbocycles. The highest BCUT2D eigenvalue weighted by Crippen LogP contribution is 2.39. The highest BCUT2D eigenvalue weighted by atomic mass is 19.1. The number of phenolic OH excluding ortho intramolecular Hbond substituents is 1. The number of hydrogen-bond acceptors (Lipinski definition) is 4. The fraction of sp³-hybridized carbons (Fsp3) is 0.136. The normalized spacial score (nSPS) is 15.7. The molecule has 0 saturated heterocycles. The maximum Gasteiger partial charge on any atom is 0.262 e. The summed E-state index contributed by atoms with van der Waals surface area (Å²) in [4.78, 5) is 14.7. The predicted molar refractivity (Wildman–Crippen MR) is 105 cm³/mol. The van der Waals surface area contributed by atoms with E-state index in [1.165, 1.54) is 17.0 Å². The zero-order valence-corrected chi connectivity index (χ0v) is 15.2. The van der Waals surface area contributed by atoms with E-state index >= 15 is 0 Å². The molecule has 0 radical (unpaired) electrons. The first kappa shape index (κ1) is 17.9. The molecular formula is C22H19FN2O3. The fourth-order valence-corrected chi connectivity index (χ4v) is 3.35. The lowest BCUT2D eigenvalue weighted by Crippen LogP contribution is -2.43. The lowest BCUT2D eigenvalue weighted by atomic mass is 10.0. The van der Waals surface area contributed by atoms with Crippen molar-refractivity contribution < 1.29 is 19.0 Å². The van der Waals surface area contributed by atoms with E-state index in [9.17, 15) is 14.3 Å². The molecule has 1 amide bonds. The largest absolute Gasteiger partial charge is 0.504 e. The van der Waals surface area contributed by atoms with Crippen LogP contribution in [0.15, 0.2) is 66.7 Å². The highest BCUT2D eigenvalue weighted by molar-refractivity contribution is 6.12. The lowest BCUT2D eigenvalue weighted by Gasteiger charge is -2.38. The Morgan fingerprint density at radius 1 is 1.11 bits per heavy atom. The molecule has 1 unspecified atom stereocenters. The van der Waals surface area contributed by atoms with Gasteiger partial charge in [-0.15, -0.1) is 0 Å². The zero-order valence-electron chi connectivity index (χ0n) is 15.2. The molecule has 142 valence electrons. The lowest BCUT2D eigenvalue weighted by molar-refractivity contribution is 0.0974. The number of carbonyl (C=O) groups excluding carboxylic acids is 1. The van der Waals surface area contributed by atoms with Gasteiger partial charge in [0.25, 0.3) is 5.91 Å². The molecule has 1 atom stereocenters. The van der Waals surface area contributed by atoms with Crippen LogP contribution in [0.25, 0.3) is 0 Å². The van der Waals surface area contributed by atoms with E-state index in [4.69, 9.17) is 4.74 Å². The summed E-state index contributed by atoms with van der Waals surface area (Å²) in [5.41, 5.74) is 1.96. The molecule has 0 aromatic heterocycles. The van der Waals surface area contributed by atoms with Gasteiger partial charge in [0.15, 0.2) is 11.5 Å². The predicted octanol–water partition coefficient (Wildman–Crippen LogP) is 4.70. The molecule has 0 spiro atoms. The number of phenols is 1. The Balaban J connectivity index is 1.87. The summed E-state index contributed by atoms with van der Waals surface area (Å²) in [7, 11) is 0. The van der Waals surface area contributed by atoms with Crippen LogP contribution in [-0.4, -0.2) is 17.6 Å². The number of nitrogens with one attached hydrogen (secondary N) is 1. The standard InChI is InChI=1S/C22H19FN2O3/c1-2-28-20-13-14(11-12-19(20)26)21-24-17-9-5-3-7-15(17)22(27)25(21)18-10-6-4-8-16(18)23/h3-13,21,24,26H,2H2,1H3. The Bertz CT molecular complexity index is 1040. The molecule has 0 aliphatic carbocycles. The molecule has 1 heterocycles. The summed E-state index contributed by atoms with van der Waals surface area (Å²) in [6.45, 7) is 2.20. The maximum absolute atomic E-state index is 14.6. The minimum atomic E-state index is -0.667. The minimum absolute atomic E-state index is 0.00516. The van der Waals surface area contributed by atoms with Crippen LogP contribution in [-0.2, 0) is 0 Å². The smallest absolute Gasteiger partial charge is 0.262 e. The number of para-hydroxylation sites is 2. The molecule has 6 heteroatoms. The van der Waals surface area contributed by atoms with Crippen molar-refractivity contribution in [3.05, 3.63) is 83.7 Å². The molecule has 1 aliphatic heterocycles. The second-order valence-electron chi connectivity index (χ2n) is 6.38. The van der Waals surface area contributed by atoms with Crippen LogP contribution in [0.5, 0.6) is 11.5 Å². The van der Waals surface area contributed by atoms with Crippen LogP contribution in [0, 0.1) is 5.82 Å². The quantitative estimate of drug-likeness (QED) is 0.691. The molecule has 0 bridgehead atoms. The third kappa shape index (κ3) is 3.03. The van der Waals surface area contributed by atoms with E-state index in [0.717, 1.165) is 0 Å². The Morgan fingerprint density at radius 2 is 1.86 bits per heavy atom. The number of ether oxygens (including phenoxy) is 1. The average molecular weight is 378 g/mol. The number of aromatic hydroxyl groups is 1. The number of rotatable bonds is 4. The van der Waals surface area contributed by atoms with Gasteiger partial charge >= 0.3 is 0 Å². The SMILES string of the molecule is CCOc1cc(C2Nc3ccccc3C(=O)N2c2ccccc2F)ccc1O. The molecule has 28 heavy (non-hydrogen) atoms. The van der Waals surface area contributed by atoms with Crippen LogP contribution in [0.3, 0.4) is 0 Å². The van der Waals surface area contributed by atoms with Crippen molar-refractivity contribution in [1.29, 1.82) is 0 Å². The van der Waals surface area contributed by atoms with Crippen molar-refractivity contribution in [2.24, 2.45) is 0 Å². The monoisotopic (exact) mass is 378 g/mol. The highest BCUT2D eigenvalue weighted by Gasteiger charge is 2.35. The van der Waals surface area contributed by atoms with Gasteiger partial charge in [-0.05, 0) is 48.9 Å². The van der Waals surface area contributed by atoms with Gasteiger partial charge in [0.05, 0.1) is 17.9 Å². The molecule has 3 aromatic rings. The van der Waals surface area contributed by atoms with E-state index < -0.39 is 12.0 Å². The Labute approximate surface area is 162 Å². The minimum Gasteiger partial charge on any atom is -0.504 e. The number of benzene rings is 3. The third-order valence-electron chi connectivity index (χ3n) is 4.64. The number of amides is 1. The summed E-state index contributed by atoms with van der Waals surface area (Å²) in [5, 5.41) is 13.3. The molecule has 0 fully saturated rings. The Morgan fingerprint density at radius 3 is 2.64 bits per heavy atom. The van der Waals surface area contributed by atoms with Crippen molar-refractivity contribution in [2.45, 2.75) is 13.1 Å². The number of halogens is 1. The van der Waals surface area contributed by atoms with Gasteiger partial charge < -0.3 is 15.2 Å². The number of fused-ring (bicyclic) bond motifs is 1. The van der Waals surface area contributed by atoms with Crippen molar-refractivity contribution in [1.82, 2.24) is 0 Å². The molecule has 2 N–H and O–H groups in total. The summed E-state index contributed by atoms with van der Waals surface area (Å²) < 4.78 is 20.1. The summed E-state index contributed by atoms with van der Waals surface area (Å²) in [6, 6.07) is 18.1. The molecule has 1 aliphatic rings. The number of hydrogen-bond donors (Lipinski definition) is 2. The van der Waals surface area contributed by atoms with Crippen LogP contribution in [0.4, 0.5) is 15.8 Å². The van der Waals surface area contributed by atoms with Crippen molar-refractivity contribution in [3.8, 4) is 11.5 Å². The van der Waals surface area contributed by atoms with Crippen molar-refractivity contribution in [2.75, 3.05) is 16.8 Å². The van der Waals surface area contributed by atoms with Crippen LogP contribution < -0.4 is 15.0 Å². The van der Waals surface area contributed by atoms with Gasteiger partial charge in [0.2, 0.25) is 0 Å². The van der Waals surface area contributed by atoms with Gasteiger partial charge in [-0.1, -0.05) is 30.3 Å². The summed E-state index contributed by atoms with van der Waals surface area (Å²) in [6.07, 6.45) is -0.667. The van der Waals surface area contributed by atoms with Crippen LogP contribution >= 0.6 is 0 Å². The first-order chi connectivity index (χ1) is 13.6. The zero-order chi connectivity index (χ0) is 19.7. The van der Waals surface area contributed by atoms with E-state index in [0.29, 0.717) is 29.2 Å². The van der Waals surface area contributed by atoms with Gasteiger partial charge in [-0.25, -0.2) is 4.39 Å². The van der Waals surface area contributed by atoms with Gasteiger partial charge in [-0.3, -0.25) is 9.69 Å². The molecular weight excluding hydrogens is 359 g/mol. The third-order valence-corrected chi connectivity index (χ3v) is 4.64. The van der Waals surface area contributed by atoms with Gasteiger partial charge in [0.1, 0.15) is 12.0 Å². The van der Waals surface area contributed by atoms with Crippen molar-refractivity contribution in [3.63, 3.8) is 0 Å². The van der Waals surface area contributed by atoms with Crippen LogP contribution in [0.1, 0.15) is 29.0 Å². The second kappa shape index (κ2) is 7.23. The van der Waals surface area contributed by atoms with Gasteiger partial charge in [0, 0.05) is 5.69 Å². The number of carbonyl (C=O) groups is 1. The van der Waals surface area contributed by atoms with Crippen molar-refractivity contribution >= 4 is 17.3 Å². The number of anilines is 2. The fourth-order valence-electron chi connectivity index (χ4n) is 3.35. The summed E-state index contributed by atoms with van der Waals surface area (Å²) >= 11 is 0. The van der Waals surface area contributed by atoms with E-state index in [2.05, 4.69) is 5.32 Å². The van der Waals surface area contributed by atoms with E-state index in [1.807, 2.05) is 19.1 Å². The Kier molecular flexibility index (Phi) is 4.61. The first-order valence-electron chi connectivity index (χ1n) is 8.99. The number of nitrogens with zero attached hydrogens (tertiary/aromatic N) is 1. The average Bonchev–Trinajstić information content (AvgIpc) is 2.71. The summed E-state index contributed by atoms with van der Waals surface area (Å²) in [5.74, 6) is -0.492. The second-order valence-corrected chi connectivity index (χ2v) is 6.38. The molecule has 0 saturated carbocycles. The topological polar surface area (TPSA) is 61.8 Å².